The molecule has 0 aliphatic rings. The predicted molar refractivity (Wildman–Crippen MR) is 123 cm³/mol. The van der Waals surface area contributed by atoms with Crippen molar-refractivity contribution in [2.75, 3.05) is 0 Å². The van der Waals surface area contributed by atoms with Gasteiger partial charge in [0.05, 0.1) is 24.2 Å². The normalized spacial score (nSPS) is 11.4. The van der Waals surface area contributed by atoms with Gasteiger partial charge in [-0.2, -0.15) is 5.10 Å². The Morgan fingerprint density at radius 2 is 1.85 bits per heavy atom. The third kappa shape index (κ3) is 5.57. The van der Waals surface area contributed by atoms with Crippen LogP contribution < -0.4 is 10.0 Å². The highest BCUT2D eigenvalue weighted by molar-refractivity contribution is 7.89. The van der Waals surface area contributed by atoms with Crippen molar-refractivity contribution in [3.05, 3.63) is 107 Å². The molecule has 0 spiro atoms. The fraction of sp³-hybridized carbons (Fsp3) is 0.167. The third-order valence-electron chi connectivity index (χ3n) is 5.23. The van der Waals surface area contributed by atoms with Crippen LogP contribution in [0.3, 0.4) is 0 Å². The van der Waals surface area contributed by atoms with Crippen molar-refractivity contribution in [2.45, 2.75) is 31.5 Å². The number of carbonyl (C=O) groups is 1. The molecule has 2 N–H and O–H groups in total. The third-order valence-corrected chi connectivity index (χ3v) is 6.63. The zero-order valence-corrected chi connectivity index (χ0v) is 18.9. The molecule has 2 aromatic carbocycles. The highest BCUT2D eigenvalue weighted by atomic mass is 32.2. The van der Waals surface area contributed by atoms with Gasteiger partial charge in [-0.3, -0.25) is 9.48 Å². The van der Waals surface area contributed by atoms with Crippen LogP contribution in [0.1, 0.15) is 32.8 Å². The van der Waals surface area contributed by atoms with Crippen LogP contribution in [0.2, 0.25) is 0 Å². The molecule has 2 aromatic heterocycles. The van der Waals surface area contributed by atoms with Crippen molar-refractivity contribution < 1.29 is 17.6 Å². The van der Waals surface area contributed by atoms with Crippen molar-refractivity contribution in [3.63, 3.8) is 0 Å². The van der Waals surface area contributed by atoms with Gasteiger partial charge in [-0.05, 0) is 53.9 Å². The van der Waals surface area contributed by atoms with Gasteiger partial charge in [0.2, 0.25) is 10.0 Å². The summed E-state index contributed by atoms with van der Waals surface area (Å²) in [7, 11) is -3.81. The molecule has 0 radical (unpaired) electrons. The Morgan fingerprint density at radius 3 is 2.58 bits per heavy atom. The quantitative estimate of drug-likeness (QED) is 0.396. The highest BCUT2D eigenvalue weighted by Gasteiger charge is 2.18. The standard InChI is InChI=1S/C24H24N4O4S/c1-18-9-10-22(33(30,31)27-16-21-8-4-13-32-21)14-23(18)24(29)25-15-19-6-2-3-7-20(19)17-28-12-5-11-26-28/h2-14,27H,15-17H2,1H3,(H,25,29). The molecular formula is C24H24N4O4S. The van der Waals surface area contributed by atoms with Crippen molar-refractivity contribution in [1.29, 1.82) is 0 Å². The van der Waals surface area contributed by atoms with Gasteiger partial charge in [0.15, 0.2) is 0 Å². The van der Waals surface area contributed by atoms with Crippen LogP contribution in [0.4, 0.5) is 0 Å². The first-order valence-electron chi connectivity index (χ1n) is 10.4. The topological polar surface area (TPSA) is 106 Å². The molecule has 0 atom stereocenters. The number of rotatable bonds is 9. The van der Waals surface area contributed by atoms with Crippen molar-refractivity contribution in [2.24, 2.45) is 0 Å². The van der Waals surface area contributed by atoms with E-state index < -0.39 is 10.0 Å². The van der Waals surface area contributed by atoms with Gasteiger partial charge in [0.1, 0.15) is 5.76 Å². The van der Waals surface area contributed by atoms with Gasteiger partial charge >= 0.3 is 0 Å². The molecule has 9 heteroatoms. The second kappa shape index (κ2) is 9.85. The van der Waals surface area contributed by atoms with Crippen LogP contribution in [0, 0.1) is 6.92 Å². The van der Waals surface area contributed by atoms with Gasteiger partial charge in [-0.1, -0.05) is 30.3 Å². The maximum Gasteiger partial charge on any atom is 0.251 e. The molecule has 0 saturated heterocycles. The summed E-state index contributed by atoms with van der Waals surface area (Å²) in [6, 6.07) is 17.5. The van der Waals surface area contributed by atoms with Gasteiger partial charge in [0, 0.05) is 24.5 Å². The van der Waals surface area contributed by atoms with Crippen molar-refractivity contribution >= 4 is 15.9 Å². The van der Waals surface area contributed by atoms with Gasteiger partial charge in [0.25, 0.3) is 5.91 Å². The number of amides is 1. The summed E-state index contributed by atoms with van der Waals surface area (Å²) in [6.45, 7) is 2.70. The number of nitrogens with one attached hydrogen (secondary N) is 2. The van der Waals surface area contributed by atoms with Gasteiger partial charge < -0.3 is 9.73 Å². The predicted octanol–water partition coefficient (Wildman–Crippen LogP) is 3.24. The number of aromatic nitrogens is 2. The Morgan fingerprint density at radius 1 is 1.03 bits per heavy atom. The van der Waals surface area contributed by atoms with E-state index in [4.69, 9.17) is 4.42 Å². The van der Waals surface area contributed by atoms with Gasteiger partial charge in [-0.25, -0.2) is 13.1 Å². The number of aryl methyl sites for hydroxylation is 1. The number of nitrogens with zero attached hydrogens (tertiary/aromatic N) is 2. The lowest BCUT2D eigenvalue weighted by Gasteiger charge is -2.13. The molecule has 33 heavy (non-hydrogen) atoms. The SMILES string of the molecule is Cc1ccc(S(=O)(=O)NCc2ccco2)cc1C(=O)NCc1ccccc1Cn1cccn1. The summed E-state index contributed by atoms with van der Waals surface area (Å²) in [4.78, 5) is 12.9. The van der Waals surface area contributed by atoms with Crippen molar-refractivity contribution in [1.82, 2.24) is 19.8 Å². The molecule has 0 aliphatic heterocycles. The van der Waals surface area contributed by atoms with Crippen LogP contribution in [0.15, 0.2) is 88.6 Å². The molecule has 2 heterocycles. The first-order valence-corrected chi connectivity index (χ1v) is 11.9. The first kappa shape index (κ1) is 22.5. The molecule has 0 saturated carbocycles. The summed E-state index contributed by atoms with van der Waals surface area (Å²) in [6.07, 6.45) is 5.08. The molecule has 0 bridgehead atoms. The molecule has 170 valence electrons. The highest BCUT2D eigenvalue weighted by Crippen LogP contribution is 2.17. The molecule has 8 nitrogen and oxygen atoms in total. The number of furan rings is 1. The number of carbonyl (C=O) groups excluding carboxylic acids is 1. The Bertz CT molecular complexity index is 1330. The monoisotopic (exact) mass is 464 g/mol. The van der Waals surface area contributed by atoms with Crippen LogP contribution in [0.5, 0.6) is 0 Å². The maximum absolute atomic E-state index is 12.9. The fourth-order valence-electron chi connectivity index (χ4n) is 3.40. The smallest absolute Gasteiger partial charge is 0.251 e. The van der Waals surface area contributed by atoms with Crippen LogP contribution in [-0.2, 0) is 29.7 Å². The Kier molecular flexibility index (Phi) is 6.71. The minimum absolute atomic E-state index is 0.0175. The zero-order chi connectivity index (χ0) is 23.3. The second-order valence-corrected chi connectivity index (χ2v) is 9.30. The van der Waals surface area contributed by atoms with E-state index >= 15 is 0 Å². The summed E-state index contributed by atoms with van der Waals surface area (Å²) < 4.78 is 34.9. The molecule has 0 unspecified atom stereocenters. The van der Waals surface area contributed by atoms with Crippen LogP contribution >= 0.6 is 0 Å². The average Bonchev–Trinajstić information content (AvgIpc) is 3.51. The number of benzene rings is 2. The largest absolute Gasteiger partial charge is 0.468 e. The molecule has 0 fully saturated rings. The second-order valence-electron chi connectivity index (χ2n) is 7.54. The van der Waals surface area contributed by atoms with E-state index in [9.17, 15) is 13.2 Å². The first-order chi connectivity index (χ1) is 15.9. The lowest BCUT2D eigenvalue weighted by molar-refractivity contribution is 0.0950. The fourth-order valence-corrected chi connectivity index (χ4v) is 4.42. The maximum atomic E-state index is 12.9. The Balaban J connectivity index is 1.47. The average molecular weight is 465 g/mol. The number of sulfonamides is 1. The van der Waals surface area contributed by atoms with Crippen molar-refractivity contribution in [3.8, 4) is 0 Å². The number of hydrogen-bond acceptors (Lipinski definition) is 5. The Labute approximate surface area is 192 Å². The van der Waals surface area contributed by atoms with E-state index in [-0.39, 0.29) is 17.3 Å². The van der Waals surface area contributed by atoms with E-state index in [1.165, 1.54) is 18.4 Å². The molecular weight excluding hydrogens is 440 g/mol. The van der Waals surface area contributed by atoms with E-state index in [1.807, 2.05) is 41.2 Å². The minimum atomic E-state index is -3.81. The van der Waals surface area contributed by atoms with E-state index in [0.717, 1.165) is 11.1 Å². The summed E-state index contributed by atoms with van der Waals surface area (Å²) in [5.74, 6) is 0.155. The lowest BCUT2D eigenvalue weighted by Crippen LogP contribution is -2.26. The molecule has 4 rings (SSSR count). The van der Waals surface area contributed by atoms with Gasteiger partial charge in [-0.15, -0.1) is 0 Å². The zero-order valence-electron chi connectivity index (χ0n) is 18.1. The molecule has 0 aliphatic carbocycles. The molecule has 1 amide bonds. The summed E-state index contributed by atoms with van der Waals surface area (Å²) in [5, 5.41) is 7.14. The van der Waals surface area contributed by atoms with Crippen LogP contribution in [0.25, 0.3) is 0 Å². The summed E-state index contributed by atoms with van der Waals surface area (Å²) in [5.41, 5.74) is 2.99. The van der Waals surface area contributed by atoms with E-state index in [2.05, 4.69) is 15.1 Å². The lowest BCUT2D eigenvalue weighted by atomic mass is 10.1. The van der Waals surface area contributed by atoms with E-state index in [0.29, 0.717) is 30.0 Å². The minimum Gasteiger partial charge on any atom is -0.468 e. The van der Waals surface area contributed by atoms with E-state index in [1.54, 1.807) is 31.3 Å². The Hall–Kier alpha value is -3.69. The number of hydrogen-bond donors (Lipinski definition) is 2. The molecule has 4 aromatic rings. The van der Waals surface area contributed by atoms with Crippen LogP contribution in [-0.4, -0.2) is 24.1 Å². The summed E-state index contributed by atoms with van der Waals surface area (Å²) >= 11 is 0.